The highest BCUT2D eigenvalue weighted by atomic mass is 14.5. The van der Waals surface area contributed by atoms with Crippen LogP contribution >= 0.6 is 0 Å². The molecule has 0 rings (SSSR count). The Bertz CT molecular complexity index is 48.1. The maximum Gasteiger partial charge on any atom is 0.0134 e. The van der Waals surface area contributed by atoms with Crippen molar-refractivity contribution in [2.24, 2.45) is 0 Å². The summed E-state index contributed by atoms with van der Waals surface area (Å²) < 4.78 is 0. The van der Waals surface area contributed by atoms with E-state index >= 15 is 0 Å². The third-order valence-electron chi connectivity index (χ3n) is 0.713. The van der Waals surface area contributed by atoms with Crippen molar-refractivity contribution in [1.82, 2.24) is 5.73 Å². The Labute approximate surface area is 45.2 Å². The fourth-order valence-corrected chi connectivity index (χ4v) is 0.368. The maximum atomic E-state index is 6.73. The Kier molecular flexibility index (Phi) is 5.46. The van der Waals surface area contributed by atoms with E-state index in [1.165, 1.54) is 0 Å². The molecule has 1 radical (unpaired) electrons. The molecule has 0 saturated heterocycles. The fourth-order valence-electron chi connectivity index (χ4n) is 0.368. The van der Waals surface area contributed by atoms with Gasteiger partial charge in [0.15, 0.2) is 0 Å². The lowest BCUT2D eigenvalue weighted by atomic mass is 10.3. The molecule has 41 valence electrons. The van der Waals surface area contributed by atoms with E-state index in [1.807, 2.05) is 6.08 Å². The molecule has 0 bridgehead atoms. The summed E-state index contributed by atoms with van der Waals surface area (Å²) in [4.78, 5) is 0. The molecular formula is C6H12N. The second-order valence-electron chi connectivity index (χ2n) is 1.42. The van der Waals surface area contributed by atoms with E-state index in [2.05, 4.69) is 13.0 Å². The molecule has 0 aromatic heterocycles. The van der Waals surface area contributed by atoms with Gasteiger partial charge in [0, 0.05) is 6.54 Å². The molecule has 7 heavy (non-hydrogen) atoms. The SMILES string of the molecule is CC/C=C/CC[NH]. The summed E-state index contributed by atoms with van der Waals surface area (Å²) in [7, 11) is 0. The monoisotopic (exact) mass is 98.1 g/mol. The Morgan fingerprint density at radius 2 is 2.14 bits per heavy atom. The zero-order valence-electron chi connectivity index (χ0n) is 4.78. The van der Waals surface area contributed by atoms with Crippen molar-refractivity contribution in [3.63, 3.8) is 0 Å². The maximum absolute atomic E-state index is 6.73. The average molecular weight is 98.2 g/mol. The first-order valence-corrected chi connectivity index (χ1v) is 2.71. The summed E-state index contributed by atoms with van der Waals surface area (Å²) in [6, 6.07) is 0. The molecule has 0 aliphatic heterocycles. The first-order valence-electron chi connectivity index (χ1n) is 2.71. The summed E-state index contributed by atoms with van der Waals surface area (Å²) in [6.45, 7) is 2.62. The first-order chi connectivity index (χ1) is 3.41. The highest BCUT2D eigenvalue weighted by Crippen LogP contribution is 1.82. The molecule has 0 saturated carbocycles. The zero-order valence-corrected chi connectivity index (χ0v) is 4.78. The predicted octanol–water partition coefficient (Wildman–Crippen LogP) is 1.63. The van der Waals surface area contributed by atoms with Crippen LogP contribution in [0.3, 0.4) is 0 Å². The minimum absolute atomic E-state index is 0.524. The highest BCUT2D eigenvalue weighted by molar-refractivity contribution is 4.79. The van der Waals surface area contributed by atoms with E-state index in [4.69, 9.17) is 5.73 Å². The molecule has 0 aliphatic rings. The summed E-state index contributed by atoms with van der Waals surface area (Å²) in [5.41, 5.74) is 6.73. The molecule has 1 N–H and O–H groups in total. The van der Waals surface area contributed by atoms with Gasteiger partial charge in [-0.3, -0.25) is 5.73 Å². The van der Waals surface area contributed by atoms with Crippen LogP contribution < -0.4 is 5.73 Å². The van der Waals surface area contributed by atoms with Crippen LogP contribution in [0.25, 0.3) is 0 Å². The van der Waals surface area contributed by atoms with Gasteiger partial charge in [-0.15, -0.1) is 0 Å². The average Bonchev–Trinajstić information content (AvgIpc) is 1.69. The molecule has 0 aromatic rings. The smallest absolute Gasteiger partial charge is 0.0134 e. The molecule has 0 aromatic carbocycles. The van der Waals surface area contributed by atoms with E-state index in [1.54, 1.807) is 0 Å². The normalized spacial score (nSPS) is 10.6. The molecular weight excluding hydrogens is 86.1 g/mol. The second-order valence-corrected chi connectivity index (χ2v) is 1.42. The van der Waals surface area contributed by atoms with Crippen molar-refractivity contribution < 1.29 is 0 Å². The van der Waals surface area contributed by atoms with Crippen LogP contribution in [0.15, 0.2) is 12.2 Å². The van der Waals surface area contributed by atoms with Crippen LogP contribution in [-0.4, -0.2) is 6.54 Å². The lowest BCUT2D eigenvalue weighted by Gasteiger charge is -1.79. The topological polar surface area (TPSA) is 23.8 Å². The van der Waals surface area contributed by atoms with Crippen LogP contribution in [0.1, 0.15) is 19.8 Å². The quantitative estimate of drug-likeness (QED) is 0.479. The van der Waals surface area contributed by atoms with Gasteiger partial charge in [-0.1, -0.05) is 19.1 Å². The number of nitrogens with one attached hydrogen (secondary N) is 1. The lowest BCUT2D eigenvalue weighted by Crippen LogP contribution is -1.77. The molecule has 0 amide bonds. The van der Waals surface area contributed by atoms with Crippen LogP contribution in [0.5, 0.6) is 0 Å². The molecule has 1 nitrogen and oxygen atoms in total. The van der Waals surface area contributed by atoms with Crippen molar-refractivity contribution in [2.45, 2.75) is 19.8 Å². The third kappa shape index (κ3) is 5.70. The minimum atomic E-state index is 0.524. The summed E-state index contributed by atoms with van der Waals surface area (Å²) in [5.74, 6) is 0. The van der Waals surface area contributed by atoms with Gasteiger partial charge in [0.2, 0.25) is 0 Å². The fraction of sp³-hybridized carbons (Fsp3) is 0.667. The van der Waals surface area contributed by atoms with Crippen molar-refractivity contribution in [2.75, 3.05) is 6.54 Å². The van der Waals surface area contributed by atoms with Gasteiger partial charge in [0.25, 0.3) is 0 Å². The molecule has 0 spiro atoms. The summed E-state index contributed by atoms with van der Waals surface area (Å²) >= 11 is 0. The van der Waals surface area contributed by atoms with E-state index < -0.39 is 0 Å². The van der Waals surface area contributed by atoms with Gasteiger partial charge in [0.05, 0.1) is 0 Å². The number of hydrogen-bond donors (Lipinski definition) is 0. The molecule has 0 fully saturated rings. The van der Waals surface area contributed by atoms with Crippen molar-refractivity contribution in [3.05, 3.63) is 12.2 Å². The van der Waals surface area contributed by atoms with Crippen LogP contribution in [0.2, 0.25) is 0 Å². The largest absolute Gasteiger partial charge is 0.258 e. The molecule has 0 aliphatic carbocycles. The van der Waals surface area contributed by atoms with Crippen LogP contribution in [0, 0.1) is 0 Å². The van der Waals surface area contributed by atoms with Gasteiger partial charge in [-0.2, -0.15) is 0 Å². The van der Waals surface area contributed by atoms with Gasteiger partial charge in [-0.05, 0) is 12.8 Å². The van der Waals surface area contributed by atoms with E-state index in [0.29, 0.717) is 6.54 Å². The standard InChI is InChI=1S/C6H12N/c1-2-3-4-5-6-7/h3-4,7H,2,5-6H2,1H3/b4-3+. The van der Waals surface area contributed by atoms with Crippen LogP contribution in [0.4, 0.5) is 0 Å². The molecule has 1 heteroatoms. The Morgan fingerprint density at radius 3 is 2.57 bits per heavy atom. The van der Waals surface area contributed by atoms with E-state index in [9.17, 15) is 0 Å². The van der Waals surface area contributed by atoms with Gasteiger partial charge in [0.1, 0.15) is 0 Å². The Hall–Kier alpha value is -0.300. The highest BCUT2D eigenvalue weighted by Gasteiger charge is 1.68. The van der Waals surface area contributed by atoms with Gasteiger partial charge in [-0.25, -0.2) is 0 Å². The Balaban J connectivity index is 2.78. The van der Waals surface area contributed by atoms with E-state index in [-0.39, 0.29) is 0 Å². The second kappa shape index (κ2) is 5.70. The number of hydrogen-bond acceptors (Lipinski definition) is 0. The van der Waals surface area contributed by atoms with Crippen molar-refractivity contribution >= 4 is 0 Å². The van der Waals surface area contributed by atoms with Crippen molar-refractivity contribution in [3.8, 4) is 0 Å². The number of allylic oxidation sites excluding steroid dienone is 1. The third-order valence-corrected chi connectivity index (χ3v) is 0.713. The van der Waals surface area contributed by atoms with Crippen LogP contribution in [-0.2, 0) is 0 Å². The Morgan fingerprint density at radius 1 is 1.43 bits per heavy atom. The molecule has 0 unspecified atom stereocenters. The number of rotatable bonds is 3. The van der Waals surface area contributed by atoms with Gasteiger partial charge < -0.3 is 0 Å². The first kappa shape index (κ1) is 6.70. The molecule has 0 atom stereocenters. The zero-order chi connectivity index (χ0) is 5.54. The molecule has 0 heterocycles. The summed E-state index contributed by atoms with van der Waals surface area (Å²) in [5, 5.41) is 0. The van der Waals surface area contributed by atoms with E-state index in [0.717, 1.165) is 12.8 Å². The minimum Gasteiger partial charge on any atom is -0.258 e. The lowest BCUT2D eigenvalue weighted by molar-refractivity contribution is 0.969. The predicted molar refractivity (Wildman–Crippen MR) is 32.0 cm³/mol. The van der Waals surface area contributed by atoms with Crippen molar-refractivity contribution in [1.29, 1.82) is 0 Å². The summed E-state index contributed by atoms with van der Waals surface area (Å²) in [6.07, 6.45) is 6.15. The van der Waals surface area contributed by atoms with Gasteiger partial charge >= 0.3 is 0 Å².